The summed E-state index contributed by atoms with van der Waals surface area (Å²) in [5.74, 6) is 0.243. The third-order valence-electron chi connectivity index (χ3n) is 6.32. The fraction of sp³-hybridized carbons (Fsp3) is 0.519. The van der Waals surface area contributed by atoms with Crippen molar-refractivity contribution in [2.24, 2.45) is 7.05 Å². The van der Waals surface area contributed by atoms with Crippen molar-refractivity contribution >= 4 is 17.0 Å². The standard InChI is InChI=1S/C27H36N4O6/c1-16(2)37-27(34)24(18(4)32)28-12-19-6-7-23-22(11-19)29-25(20-10-17(3)26(33)30(5)13-20)31(23)14-21-15-35-8-9-36-21/h6-7,10-11,13,16,18,21,24,28,32H,8-9,12,14-15H2,1-5H3. The van der Waals surface area contributed by atoms with Gasteiger partial charge in [-0.3, -0.25) is 14.9 Å². The molecule has 1 aliphatic rings. The molecule has 2 N–H and O–H groups in total. The summed E-state index contributed by atoms with van der Waals surface area (Å²) >= 11 is 0. The Morgan fingerprint density at radius 1 is 1.27 bits per heavy atom. The van der Waals surface area contributed by atoms with Crippen LogP contribution in [0.1, 0.15) is 31.9 Å². The second-order valence-corrected chi connectivity index (χ2v) is 9.85. The number of rotatable bonds is 9. The first-order chi connectivity index (χ1) is 17.6. The number of nitrogens with one attached hydrogen (secondary N) is 1. The Bertz CT molecular complexity index is 1280. The lowest BCUT2D eigenvalue weighted by molar-refractivity contribution is -0.152. The molecule has 1 aliphatic heterocycles. The van der Waals surface area contributed by atoms with E-state index in [1.807, 2.05) is 24.3 Å². The molecule has 0 aliphatic carbocycles. The normalized spacial score (nSPS) is 17.8. The van der Waals surface area contributed by atoms with Gasteiger partial charge in [0.15, 0.2) is 0 Å². The second-order valence-electron chi connectivity index (χ2n) is 9.85. The zero-order valence-corrected chi connectivity index (χ0v) is 22.1. The van der Waals surface area contributed by atoms with Crippen molar-refractivity contribution in [2.75, 3.05) is 19.8 Å². The fourth-order valence-electron chi connectivity index (χ4n) is 4.52. The van der Waals surface area contributed by atoms with Crippen molar-refractivity contribution in [3.8, 4) is 11.4 Å². The van der Waals surface area contributed by atoms with Crippen molar-refractivity contribution in [1.82, 2.24) is 19.4 Å². The molecule has 10 nitrogen and oxygen atoms in total. The van der Waals surface area contributed by atoms with Gasteiger partial charge in [0.05, 0.1) is 55.7 Å². The van der Waals surface area contributed by atoms with Crippen LogP contribution in [0, 0.1) is 6.92 Å². The molecule has 2 aromatic heterocycles. The lowest BCUT2D eigenvalue weighted by Crippen LogP contribution is -2.46. The van der Waals surface area contributed by atoms with E-state index in [1.165, 1.54) is 0 Å². The molecule has 4 rings (SSSR count). The quantitative estimate of drug-likeness (QED) is 0.418. The number of aliphatic hydroxyl groups is 1. The van der Waals surface area contributed by atoms with Gasteiger partial charge in [-0.25, -0.2) is 4.98 Å². The van der Waals surface area contributed by atoms with E-state index in [0.717, 1.165) is 28.0 Å². The fourth-order valence-corrected chi connectivity index (χ4v) is 4.52. The maximum absolute atomic E-state index is 12.4. The van der Waals surface area contributed by atoms with Gasteiger partial charge < -0.3 is 28.5 Å². The Morgan fingerprint density at radius 3 is 2.70 bits per heavy atom. The van der Waals surface area contributed by atoms with Gasteiger partial charge in [0.2, 0.25) is 0 Å². The Hall–Kier alpha value is -3.05. The van der Waals surface area contributed by atoms with Gasteiger partial charge in [0.25, 0.3) is 5.56 Å². The van der Waals surface area contributed by atoms with Gasteiger partial charge in [0, 0.05) is 30.9 Å². The predicted octanol–water partition coefficient (Wildman–Crippen LogP) is 1.92. The maximum Gasteiger partial charge on any atom is 0.326 e. The van der Waals surface area contributed by atoms with Crippen LogP contribution in [0.15, 0.2) is 35.3 Å². The number of benzene rings is 1. The first-order valence-corrected chi connectivity index (χ1v) is 12.6. The molecule has 3 unspecified atom stereocenters. The molecule has 1 fully saturated rings. The minimum Gasteiger partial charge on any atom is -0.462 e. The Labute approximate surface area is 216 Å². The highest BCUT2D eigenvalue weighted by Gasteiger charge is 2.26. The summed E-state index contributed by atoms with van der Waals surface area (Å²) in [6.07, 6.45) is 0.500. The molecule has 0 amide bonds. The molecule has 200 valence electrons. The van der Waals surface area contributed by atoms with Gasteiger partial charge in [-0.15, -0.1) is 0 Å². The number of nitrogens with zero attached hydrogens (tertiary/aromatic N) is 3. The van der Waals surface area contributed by atoms with E-state index >= 15 is 0 Å². The monoisotopic (exact) mass is 512 g/mol. The van der Waals surface area contributed by atoms with E-state index in [1.54, 1.807) is 45.5 Å². The van der Waals surface area contributed by atoms with Crippen molar-refractivity contribution in [3.63, 3.8) is 0 Å². The number of hydrogen-bond donors (Lipinski definition) is 2. The average Bonchev–Trinajstić information content (AvgIpc) is 3.19. The summed E-state index contributed by atoms with van der Waals surface area (Å²) in [4.78, 5) is 29.6. The number of aryl methyl sites for hydroxylation is 2. The van der Waals surface area contributed by atoms with Crippen LogP contribution in [0.5, 0.6) is 0 Å². The molecular weight excluding hydrogens is 476 g/mol. The average molecular weight is 513 g/mol. The summed E-state index contributed by atoms with van der Waals surface area (Å²) in [5.41, 5.74) is 4.02. The molecule has 0 bridgehead atoms. The van der Waals surface area contributed by atoms with Gasteiger partial charge in [-0.2, -0.15) is 0 Å². The van der Waals surface area contributed by atoms with E-state index in [4.69, 9.17) is 19.2 Å². The van der Waals surface area contributed by atoms with E-state index in [9.17, 15) is 14.7 Å². The van der Waals surface area contributed by atoms with Crippen molar-refractivity contribution in [3.05, 3.63) is 51.9 Å². The minimum absolute atomic E-state index is 0.0487. The number of hydrogen-bond acceptors (Lipinski definition) is 8. The summed E-state index contributed by atoms with van der Waals surface area (Å²) in [5, 5.41) is 13.2. The van der Waals surface area contributed by atoms with E-state index in [0.29, 0.717) is 38.5 Å². The van der Waals surface area contributed by atoms with Crippen LogP contribution in [-0.4, -0.2) is 69.4 Å². The minimum atomic E-state index is -0.911. The summed E-state index contributed by atoms with van der Waals surface area (Å²) < 4.78 is 20.5. The van der Waals surface area contributed by atoms with Crippen LogP contribution in [0.3, 0.4) is 0 Å². The van der Waals surface area contributed by atoms with Gasteiger partial charge in [0.1, 0.15) is 11.9 Å². The van der Waals surface area contributed by atoms with Crippen LogP contribution in [0.2, 0.25) is 0 Å². The third-order valence-corrected chi connectivity index (χ3v) is 6.32. The number of imidazole rings is 1. The number of pyridine rings is 1. The Balaban J connectivity index is 1.67. The number of carbonyl (C=O) groups excluding carboxylic acids is 1. The molecule has 3 atom stereocenters. The number of ether oxygens (including phenoxy) is 3. The first kappa shape index (κ1) is 27.0. The molecule has 3 aromatic rings. The van der Waals surface area contributed by atoms with Gasteiger partial charge in [-0.1, -0.05) is 6.07 Å². The number of fused-ring (bicyclic) bond motifs is 1. The zero-order chi connectivity index (χ0) is 26.7. The first-order valence-electron chi connectivity index (χ1n) is 12.6. The van der Waals surface area contributed by atoms with Crippen LogP contribution in [-0.2, 0) is 39.1 Å². The van der Waals surface area contributed by atoms with E-state index in [-0.39, 0.29) is 17.8 Å². The summed E-state index contributed by atoms with van der Waals surface area (Å²) in [6.45, 7) is 9.43. The number of aromatic nitrogens is 3. The highest BCUT2D eigenvalue weighted by molar-refractivity contribution is 5.81. The largest absolute Gasteiger partial charge is 0.462 e. The highest BCUT2D eigenvalue weighted by atomic mass is 16.6. The molecule has 1 saturated heterocycles. The zero-order valence-electron chi connectivity index (χ0n) is 22.1. The van der Waals surface area contributed by atoms with Crippen LogP contribution in [0.25, 0.3) is 22.4 Å². The second kappa shape index (κ2) is 11.6. The highest BCUT2D eigenvalue weighted by Crippen LogP contribution is 2.27. The van der Waals surface area contributed by atoms with Crippen molar-refractivity contribution < 1.29 is 24.1 Å². The molecule has 37 heavy (non-hydrogen) atoms. The van der Waals surface area contributed by atoms with E-state index < -0.39 is 18.1 Å². The molecule has 1 aromatic carbocycles. The number of esters is 1. The number of aliphatic hydroxyl groups excluding tert-OH is 1. The van der Waals surface area contributed by atoms with Gasteiger partial charge >= 0.3 is 5.97 Å². The SMILES string of the molecule is Cc1cc(-c2nc3cc(CNC(C(=O)OC(C)C)C(C)O)ccc3n2CC2COCCO2)cn(C)c1=O. The van der Waals surface area contributed by atoms with E-state index in [2.05, 4.69) is 9.88 Å². The molecule has 10 heteroatoms. The van der Waals surface area contributed by atoms with Crippen molar-refractivity contribution in [1.29, 1.82) is 0 Å². The van der Waals surface area contributed by atoms with Crippen molar-refractivity contribution in [2.45, 2.75) is 65.1 Å². The summed E-state index contributed by atoms with van der Waals surface area (Å²) in [6, 6.07) is 6.93. The smallest absolute Gasteiger partial charge is 0.326 e. The molecule has 0 spiro atoms. The third kappa shape index (κ3) is 6.27. The lowest BCUT2D eigenvalue weighted by atomic mass is 10.1. The van der Waals surface area contributed by atoms with Crippen LogP contribution >= 0.6 is 0 Å². The maximum atomic E-state index is 12.4. The lowest BCUT2D eigenvalue weighted by Gasteiger charge is -2.24. The Morgan fingerprint density at radius 2 is 2.05 bits per heavy atom. The van der Waals surface area contributed by atoms with Crippen LogP contribution in [0.4, 0.5) is 0 Å². The summed E-state index contributed by atoms with van der Waals surface area (Å²) in [7, 11) is 1.73. The topological polar surface area (TPSA) is 117 Å². The number of carbonyl (C=O) groups is 1. The molecule has 0 radical (unpaired) electrons. The molecule has 3 heterocycles. The molecule has 0 saturated carbocycles. The predicted molar refractivity (Wildman–Crippen MR) is 139 cm³/mol. The Kier molecular flexibility index (Phi) is 8.43. The molecular formula is C27H36N4O6. The van der Waals surface area contributed by atoms with Gasteiger partial charge in [-0.05, 0) is 51.5 Å². The van der Waals surface area contributed by atoms with Crippen LogP contribution < -0.4 is 10.9 Å².